The predicted molar refractivity (Wildman–Crippen MR) is 91.2 cm³/mol. The molecule has 6 heteroatoms. The largest absolute Gasteiger partial charge is 0.362 e. The molecule has 0 radical (unpaired) electrons. The first-order valence-corrected chi connectivity index (χ1v) is 8.53. The van der Waals surface area contributed by atoms with Gasteiger partial charge in [-0.15, -0.1) is 11.3 Å². The van der Waals surface area contributed by atoms with Crippen LogP contribution in [0.2, 0.25) is 0 Å². The number of nitrogens with one attached hydrogen (secondary N) is 1. The summed E-state index contributed by atoms with van der Waals surface area (Å²) in [4.78, 5) is 14.7. The van der Waals surface area contributed by atoms with Crippen LogP contribution in [0.25, 0.3) is 10.2 Å². The number of imidazole rings is 1. The average Bonchev–Trinajstić information content (AvgIpc) is 3.12. The van der Waals surface area contributed by atoms with E-state index in [2.05, 4.69) is 57.1 Å². The molecule has 0 fully saturated rings. The van der Waals surface area contributed by atoms with Crippen LogP contribution in [0.3, 0.4) is 0 Å². The molecular weight excluding hydrogens is 294 g/mol. The Morgan fingerprint density at radius 1 is 1.32 bits per heavy atom. The number of thiophene rings is 1. The molecule has 0 aromatic carbocycles. The Morgan fingerprint density at radius 3 is 2.95 bits per heavy atom. The van der Waals surface area contributed by atoms with Gasteiger partial charge in [-0.25, -0.2) is 15.0 Å². The molecule has 5 nitrogen and oxygen atoms in total. The van der Waals surface area contributed by atoms with Crippen LogP contribution >= 0.6 is 11.3 Å². The van der Waals surface area contributed by atoms with Crippen LogP contribution in [-0.4, -0.2) is 19.5 Å². The standard InChI is InChI=1S/C16H21N5S/c1-4-13-19-15(12-5-8-22-16(12)20-13)18-9-14-17-6-7-21(14)10-11(2)3/h5-8,11H,4,9-10H2,1-3H3,(H,18,19,20). The zero-order chi connectivity index (χ0) is 15.5. The lowest BCUT2D eigenvalue weighted by Crippen LogP contribution is -2.12. The Balaban J connectivity index is 1.82. The summed E-state index contributed by atoms with van der Waals surface area (Å²) < 4.78 is 2.20. The number of aromatic nitrogens is 4. The van der Waals surface area contributed by atoms with Crippen LogP contribution in [-0.2, 0) is 19.5 Å². The molecule has 0 aliphatic carbocycles. The quantitative estimate of drug-likeness (QED) is 0.753. The second-order valence-electron chi connectivity index (χ2n) is 5.72. The van der Waals surface area contributed by atoms with Gasteiger partial charge in [0.2, 0.25) is 0 Å². The number of nitrogens with zero attached hydrogens (tertiary/aromatic N) is 4. The summed E-state index contributed by atoms with van der Waals surface area (Å²) in [6.45, 7) is 8.15. The van der Waals surface area contributed by atoms with Crippen LogP contribution in [0, 0.1) is 5.92 Å². The number of anilines is 1. The van der Waals surface area contributed by atoms with E-state index >= 15 is 0 Å². The smallest absolute Gasteiger partial charge is 0.138 e. The molecule has 0 bridgehead atoms. The van der Waals surface area contributed by atoms with Crippen LogP contribution in [0.1, 0.15) is 32.4 Å². The van der Waals surface area contributed by atoms with Crippen molar-refractivity contribution >= 4 is 27.4 Å². The third-order valence-electron chi connectivity index (χ3n) is 3.47. The Morgan fingerprint density at radius 2 is 2.18 bits per heavy atom. The molecule has 0 saturated heterocycles. The van der Waals surface area contributed by atoms with Crippen molar-refractivity contribution in [2.45, 2.75) is 40.3 Å². The van der Waals surface area contributed by atoms with E-state index in [4.69, 9.17) is 0 Å². The van der Waals surface area contributed by atoms with E-state index in [1.807, 2.05) is 12.4 Å². The third-order valence-corrected chi connectivity index (χ3v) is 4.27. The highest BCUT2D eigenvalue weighted by molar-refractivity contribution is 7.16. The van der Waals surface area contributed by atoms with Gasteiger partial charge in [-0.1, -0.05) is 20.8 Å². The monoisotopic (exact) mass is 315 g/mol. The van der Waals surface area contributed by atoms with Gasteiger partial charge < -0.3 is 9.88 Å². The second-order valence-corrected chi connectivity index (χ2v) is 6.62. The highest BCUT2D eigenvalue weighted by Crippen LogP contribution is 2.25. The number of hydrogen-bond donors (Lipinski definition) is 1. The Labute approximate surface area is 134 Å². The van der Waals surface area contributed by atoms with E-state index in [1.54, 1.807) is 11.3 Å². The van der Waals surface area contributed by atoms with Crippen molar-refractivity contribution in [2.75, 3.05) is 5.32 Å². The molecule has 0 aliphatic rings. The molecule has 3 aromatic heterocycles. The normalized spacial score (nSPS) is 11.5. The van der Waals surface area contributed by atoms with Crippen molar-refractivity contribution in [3.05, 3.63) is 35.5 Å². The van der Waals surface area contributed by atoms with Gasteiger partial charge in [0.1, 0.15) is 22.3 Å². The summed E-state index contributed by atoms with van der Waals surface area (Å²) in [6.07, 6.45) is 4.73. The molecule has 3 aromatic rings. The summed E-state index contributed by atoms with van der Waals surface area (Å²) in [5.74, 6) is 3.42. The van der Waals surface area contributed by atoms with E-state index in [1.165, 1.54) is 0 Å². The predicted octanol–water partition coefficient (Wildman–Crippen LogP) is 3.72. The molecule has 1 N–H and O–H groups in total. The Hall–Kier alpha value is -1.95. The maximum Gasteiger partial charge on any atom is 0.138 e. The zero-order valence-corrected chi connectivity index (χ0v) is 14.0. The average molecular weight is 315 g/mol. The van der Waals surface area contributed by atoms with Crippen molar-refractivity contribution in [1.82, 2.24) is 19.5 Å². The first kappa shape index (κ1) is 15.0. The summed E-state index contributed by atoms with van der Waals surface area (Å²) in [5.41, 5.74) is 0. The molecule has 0 saturated carbocycles. The minimum Gasteiger partial charge on any atom is -0.362 e. The van der Waals surface area contributed by atoms with Gasteiger partial charge in [0.15, 0.2) is 0 Å². The van der Waals surface area contributed by atoms with Gasteiger partial charge in [0, 0.05) is 25.4 Å². The highest BCUT2D eigenvalue weighted by Gasteiger charge is 2.10. The van der Waals surface area contributed by atoms with Crippen molar-refractivity contribution in [2.24, 2.45) is 5.92 Å². The molecule has 3 rings (SSSR count). The molecule has 3 heterocycles. The van der Waals surface area contributed by atoms with Crippen LogP contribution in [0.5, 0.6) is 0 Å². The van der Waals surface area contributed by atoms with Crippen molar-refractivity contribution in [1.29, 1.82) is 0 Å². The fourth-order valence-corrected chi connectivity index (χ4v) is 3.20. The van der Waals surface area contributed by atoms with Crippen molar-refractivity contribution in [3.8, 4) is 0 Å². The molecule has 22 heavy (non-hydrogen) atoms. The zero-order valence-electron chi connectivity index (χ0n) is 13.2. The summed E-state index contributed by atoms with van der Waals surface area (Å²) in [6, 6.07) is 2.07. The minimum atomic E-state index is 0.599. The fourth-order valence-electron chi connectivity index (χ4n) is 2.42. The lowest BCUT2D eigenvalue weighted by molar-refractivity contribution is 0.509. The van der Waals surface area contributed by atoms with Crippen molar-refractivity contribution < 1.29 is 0 Å². The third kappa shape index (κ3) is 3.11. The SMILES string of the molecule is CCc1nc(NCc2nccn2CC(C)C)c2ccsc2n1. The van der Waals surface area contributed by atoms with Gasteiger partial charge >= 0.3 is 0 Å². The van der Waals surface area contributed by atoms with E-state index in [9.17, 15) is 0 Å². The molecule has 0 atom stereocenters. The Kier molecular flexibility index (Phi) is 4.38. The second kappa shape index (κ2) is 6.44. The fraction of sp³-hybridized carbons (Fsp3) is 0.438. The van der Waals surface area contributed by atoms with Crippen LogP contribution in [0.4, 0.5) is 5.82 Å². The van der Waals surface area contributed by atoms with Gasteiger partial charge in [-0.2, -0.15) is 0 Å². The maximum atomic E-state index is 4.63. The van der Waals surface area contributed by atoms with E-state index in [-0.39, 0.29) is 0 Å². The first-order valence-electron chi connectivity index (χ1n) is 7.65. The molecular formula is C16H21N5S. The molecule has 116 valence electrons. The summed E-state index contributed by atoms with van der Waals surface area (Å²) in [7, 11) is 0. The van der Waals surface area contributed by atoms with Gasteiger partial charge in [0.25, 0.3) is 0 Å². The highest BCUT2D eigenvalue weighted by atomic mass is 32.1. The van der Waals surface area contributed by atoms with Crippen LogP contribution < -0.4 is 5.32 Å². The van der Waals surface area contributed by atoms with E-state index < -0.39 is 0 Å². The topological polar surface area (TPSA) is 55.6 Å². The van der Waals surface area contributed by atoms with Crippen LogP contribution in [0.15, 0.2) is 23.8 Å². The molecule has 0 unspecified atom stereocenters. The van der Waals surface area contributed by atoms with Gasteiger partial charge in [-0.3, -0.25) is 0 Å². The summed E-state index contributed by atoms with van der Waals surface area (Å²) >= 11 is 1.65. The lowest BCUT2D eigenvalue weighted by atomic mass is 10.2. The first-order chi connectivity index (χ1) is 10.7. The van der Waals surface area contributed by atoms with Gasteiger partial charge in [0.05, 0.1) is 11.9 Å². The minimum absolute atomic E-state index is 0.599. The summed E-state index contributed by atoms with van der Waals surface area (Å²) in [5, 5.41) is 6.58. The number of fused-ring (bicyclic) bond motifs is 1. The Bertz CT molecular complexity index is 759. The van der Waals surface area contributed by atoms with Gasteiger partial charge in [-0.05, 0) is 17.4 Å². The molecule has 0 spiro atoms. The lowest BCUT2D eigenvalue weighted by Gasteiger charge is -2.12. The molecule has 0 aliphatic heterocycles. The number of rotatable bonds is 6. The van der Waals surface area contributed by atoms with E-state index in [0.717, 1.165) is 40.6 Å². The van der Waals surface area contributed by atoms with Crippen molar-refractivity contribution in [3.63, 3.8) is 0 Å². The van der Waals surface area contributed by atoms with E-state index in [0.29, 0.717) is 12.5 Å². The number of hydrogen-bond acceptors (Lipinski definition) is 5. The number of aryl methyl sites for hydroxylation is 1. The maximum absolute atomic E-state index is 4.63. The molecule has 0 amide bonds.